The summed E-state index contributed by atoms with van der Waals surface area (Å²) in [7, 11) is 1.67. The number of benzene rings is 3. The molecule has 0 unspecified atom stereocenters. The van der Waals surface area contributed by atoms with Crippen LogP contribution in [0.1, 0.15) is 11.1 Å². The lowest BCUT2D eigenvalue weighted by Crippen LogP contribution is -2.10. The summed E-state index contributed by atoms with van der Waals surface area (Å²) in [5, 5.41) is 9.26. The molecule has 3 aromatic carbocycles. The zero-order valence-electron chi connectivity index (χ0n) is 13.9. The highest BCUT2D eigenvalue weighted by atomic mass is 16.5. The van der Waals surface area contributed by atoms with Gasteiger partial charge >= 0.3 is 0 Å². The van der Waals surface area contributed by atoms with E-state index < -0.39 is 0 Å². The van der Waals surface area contributed by atoms with Crippen LogP contribution in [0.15, 0.2) is 72.8 Å². The molecular weight excluding hydrogens is 298 g/mol. The Morgan fingerprint density at radius 1 is 0.750 bits per heavy atom. The third-order valence-corrected chi connectivity index (χ3v) is 4.00. The Bertz CT molecular complexity index is 730. The molecule has 24 heavy (non-hydrogen) atoms. The zero-order valence-corrected chi connectivity index (χ0v) is 13.9. The van der Waals surface area contributed by atoms with Crippen LogP contribution in [-0.4, -0.2) is 12.2 Å². The molecule has 3 aromatic rings. The van der Waals surface area contributed by atoms with Gasteiger partial charge in [-0.05, 0) is 61.0 Å². The van der Waals surface area contributed by atoms with Gasteiger partial charge in [-0.3, -0.25) is 0 Å². The monoisotopic (exact) mass is 319 g/mol. The predicted molar refractivity (Wildman–Crippen MR) is 98.3 cm³/mol. The van der Waals surface area contributed by atoms with Gasteiger partial charge in [0, 0.05) is 17.1 Å². The van der Waals surface area contributed by atoms with Crippen LogP contribution < -0.4 is 9.64 Å². The minimum atomic E-state index is 0.0490. The van der Waals surface area contributed by atoms with Crippen molar-refractivity contribution in [1.29, 1.82) is 0 Å². The fraction of sp³-hybridized carbons (Fsp3) is 0.143. The molecule has 0 radical (unpaired) electrons. The quantitative estimate of drug-likeness (QED) is 0.721. The number of aliphatic hydroxyl groups excluding tert-OH is 1. The molecule has 1 N–H and O–H groups in total. The van der Waals surface area contributed by atoms with E-state index in [0.717, 1.165) is 28.4 Å². The Kier molecular flexibility index (Phi) is 4.82. The highest BCUT2D eigenvalue weighted by molar-refractivity contribution is 5.76. The number of rotatable bonds is 5. The second-order valence-electron chi connectivity index (χ2n) is 5.69. The van der Waals surface area contributed by atoms with Crippen LogP contribution in [0.4, 0.5) is 17.1 Å². The Morgan fingerprint density at radius 3 is 1.67 bits per heavy atom. The molecule has 0 aliphatic heterocycles. The van der Waals surface area contributed by atoms with Gasteiger partial charge in [-0.1, -0.05) is 29.8 Å². The lowest BCUT2D eigenvalue weighted by atomic mass is 10.1. The SMILES string of the molecule is COc1ccc(N(c2ccc(C)cc2)c2ccc(CO)cc2)cc1. The summed E-state index contributed by atoms with van der Waals surface area (Å²) in [5.74, 6) is 0.832. The molecule has 0 fully saturated rings. The van der Waals surface area contributed by atoms with E-state index in [0.29, 0.717) is 0 Å². The molecule has 0 saturated carbocycles. The van der Waals surface area contributed by atoms with E-state index in [9.17, 15) is 5.11 Å². The van der Waals surface area contributed by atoms with Crippen LogP contribution in [0.2, 0.25) is 0 Å². The number of aryl methyl sites for hydroxylation is 1. The van der Waals surface area contributed by atoms with Crippen molar-refractivity contribution in [2.45, 2.75) is 13.5 Å². The van der Waals surface area contributed by atoms with Crippen molar-refractivity contribution in [3.63, 3.8) is 0 Å². The lowest BCUT2D eigenvalue weighted by Gasteiger charge is -2.26. The third-order valence-electron chi connectivity index (χ3n) is 4.00. The second-order valence-corrected chi connectivity index (χ2v) is 5.69. The van der Waals surface area contributed by atoms with Crippen molar-refractivity contribution in [1.82, 2.24) is 0 Å². The molecule has 0 spiro atoms. The van der Waals surface area contributed by atoms with Crippen molar-refractivity contribution >= 4 is 17.1 Å². The standard InChI is InChI=1S/C21H21NO2/c1-16-3-7-18(8-4-16)22(19-9-5-17(15-23)6-10-19)20-11-13-21(24-2)14-12-20/h3-14,23H,15H2,1-2H3. The van der Waals surface area contributed by atoms with E-state index in [1.54, 1.807) is 7.11 Å². The number of hydrogen-bond donors (Lipinski definition) is 1. The van der Waals surface area contributed by atoms with Crippen molar-refractivity contribution in [3.05, 3.63) is 83.9 Å². The largest absolute Gasteiger partial charge is 0.497 e. The maximum Gasteiger partial charge on any atom is 0.119 e. The number of methoxy groups -OCH3 is 1. The molecule has 3 rings (SSSR count). The molecule has 0 amide bonds. The summed E-state index contributed by atoms with van der Waals surface area (Å²) >= 11 is 0. The van der Waals surface area contributed by atoms with Crippen LogP contribution >= 0.6 is 0 Å². The van der Waals surface area contributed by atoms with Gasteiger partial charge in [0.1, 0.15) is 5.75 Å². The molecule has 0 aliphatic carbocycles. The third kappa shape index (κ3) is 3.42. The van der Waals surface area contributed by atoms with E-state index in [1.165, 1.54) is 5.56 Å². The first kappa shape index (κ1) is 16.1. The van der Waals surface area contributed by atoms with Crippen LogP contribution in [0, 0.1) is 6.92 Å². The highest BCUT2D eigenvalue weighted by Crippen LogP contribution is 2.35. The topological polar surface area (TPSA) is 32.7 Å². The first-order valence-electron chi connectivity index (χ1n) is 7.92. The van der Waals surface area contributed by atoms with E-state index in [2.05, 4.69) is 36.1 Å². The Hall–Kier alpha value is -2.78. The van der Waals surface area contributed by atoms with Gasteiger partial charge in [-0.25, -0.2) is 0 Å². The lowest BCUT2D eigenvalue weighted by molar-refractivity contribution is 0.282. The smallest absolute Gasteiger partial charge is 0.119 e. The van der Waals surface area contributed by atoms with Gasteiger partial charge in [0.05, 0.1) is 13.7 Å². The molecular formula is C21H21NO2. The Balaban J connectivity index is 2.06. The van der Waals surface area contributed by atoms with Gasteiger partial charge in [-0.2, -0.15) is 0 Å². The molecule has 3 nitrogen and oxygen atoms in total. The molecule has 0 saturated heterocycles. The van der Waals surface area contributed by atoms with E-state index in [-0.39, 0.29) is 6.61 Å². The Morgan fingerprint density at radius 2 is 1.21 bits per heavy atom. The van der Waals surface area contributed by atoms with Crippen molar-refractivity contribution in [3.8, 4) is 5.75 Å². The number of anilines is 3. The van der Waals surface area contributed by atoms with Gasteiger partial charge in [0.2, 0.25) is 0 Å². The van der Waals surface area contributed by atoms with Crippen LogP contribution in [-0.2, 0) is 6.61 Å². The summed E-state index contributed by atoms with van der Waals surface area (Å²) in [6, 6.07) is 24.4. The van der Waals surface area contributed by atoms with Gasteiger partial charge in [-0.15, -0.1) is 0 Å². The van der Waals surface area contributed by atoms with Gasteiger partial charge in [0.15, 0.2) is 0 Å². The summed E-state index contributed by atoms with van der Waals surface area (Å²) in [5.41, 5.74) is 5.31. The fourth-order valence-electron chi connectivity index (χ4n) is 2.62. The van der Waals surface area contributed by atoms with Crippen LogP contribution in [0.3, 0.4) is 0 Å². The van der Waals surface area contributed by atoms with E-state index in [1.807, 2.05) is 48.5 Å². The molecule has 0 aromatic heterocycles. The average Bonchev–Trinajstić information content (AvgIpc) is 2.64. The summed E-state index contributed by atoms with van der Waals surface area (Å²) in [6.45, 7) is 2.13. The Labute approximate surface area is 142 Å². The van der Waals surface area contributed by atoms with E-state index in [4.69, 9.17) is 4.74 Å². The summed E-state index contributed by atoms with van der Waals surface area (Å²) in [4.78, 5) is 2.18. The minimum absolute atomic E-state index is 0.0490. The maximum atomic E-state index is 9.26. The number of ether oxygens (including phenoxy) is 1. The molecule has 122 valence electrons. The fourth-order valence-corrected chi connectivity index (χ4v) is 2.62. The number of nitrogens with zero attached hydrogens (tertiary/aromatic N) is 1. The second kappa shape index (κ2) is 7.20. The maximum absolute atomic E-state index is 9.26. The predicted octanol–water partition coefficient (Wildman–Crippen LogP) is 4.97. The number of hydrogen-bond acceptors (Lipinski definition) is 3. The molecule has 0 heterocycles. The van der Waals surface area contributed by atoms with Gasteiger partial charge < -0.3 is 14.7 Å². The first-order chi connectivity index (χ1) is 11.7. The normalized spacial score (nSPS) is 10.5. The average molecular weight is 319 g/mol. The van der Waals surface area contributed by atoms with Crippen molar-refractivity contribution in [2.75, 3.05) is 12.0 Å². The highest BCUT2D eigenvalue weighted by Gasteiger charge is 2.12. The van der Waals surface area contributed by atoms with Crippen LogP contribution in [0.25, 0.3) is 0 Å². The summed E-state index contributed by atoms with van der Waals surface area (Å²) in [6.07, 6.45) is 0. The minimum Gasteiger partial charge on any atom is -0.497 e. The number of aliphatic hydroxyl groups is 1. The van der Waals surface area contributed by atoms with Crippen molar-refractivity contribution in [2.24, 2.45) is 0 Å². The molecule has 0 atom stereocenters. The first-order valence-corrected chi connectivity index (χ1v) is 7.92. The molecule has 0 bridgehead atoms. The van der Waals surface area contributed by atoms with Crippen LogP contribution in [0.5, 0.6) is 5.75 Å². The zero-order chi connectivity index (χ0) is 16.9. The molecule has 3 heteroatoms. The van der Waals surface area contributed by atoms with E-state index >= 15 is 0 Å². The summed E-state index contributed by atoms with van der Waals surface area (Å²) < 4.78 is 5.26. The van der Waals surface area contributed by atoms with Gasteiger partial charge in [0.25, 0.3) is 0 Å². The van der Waals surface area contributed by atoms with Crippen molar-refractivity contribution < 1.29 is 9.84 Å². The molecule has 0 aliphatic rings.